The zero-order chi connectivity index (χ0) is 31.6. The van der Waals surface area contributed by atoms with Crippen LogP contribution >= 0.6 is 11.3 Å². The lowest BCUT2D eigenvalue weighted by Crippen LogP contribution is -2.09. The second-order valence-electron chi connectivity index (χ2n) is 12.6. The van der Waals surface area contributed by atoms with E-state index in [2.05, 4.69) is 181 Å². The standard InChI is InChI=1S/C46H29NS/c1-3-9-39-31(7-1)13-15-33-17-18-35(27-43(33)39)30-19-22-36(23-20-30)47(38-25-26-42-41-11-5-6-12-45(41)48-46(42)29-38)37-24-21-34-16-14-32-8-2-4-10-40(32)44(34)28-37/h1-29H. The Morgan fingerprint density at radius 3 is 1.50 bits per heavy atom. The van der Waals surface area contributed by atoms with Crippen molar-refractivity contribution >= 4 is 91.7 Å². The molecule has 0 bridgehead atoms. The highest BCUT2D eigenvalue weighted by molar-refractivity contribution is 7.25. The van der Waals surface area contributed by atoms with E-state index in [0.29, 0.717) is 0 Å². The second kappa shape index (κ2) is 10.8. The van der Waals surface area contributed by atoms with Gasteiger partial charge in [0.05, 0.1) is 0 Å². The first-order chi connectivity index (χ1) is 23.8. The van der Waals surface area contributed by atoms with Crippen LogP contribution in [0.1, 0.15) is 0 Å². The van der Waals surface area contributed by atoms with Gasteiger partial charge in [0, 0.05) is 37.2 Å². The molecule has 0 saturated heterocycles. The van der Waals surface area contributed by atoms with Crippen molar-refractivity contribution in [2.24, 2.45) is 0 Å². The van der Waals surface area contributed by atoms with Crippen LogP contribution in [0.5, 0.6) is 0 Å². The van der Waals surface area contributed by atoms with Crippen LogP contribution < -0.4 is 4.90 Å². The predicted molar refractivity (Wildman–Crippen MR) is 209 cm³/mol. The number of nitrogens with zero attached hydrogens (tertiary/aromatic N) is 1. The lowest BCUT2D eigenvalue weighted by molar-refractivity contribution is 1.30. The summed E-state index contributed by atoms with van der Waals surface area (Å²) < 4.78 is 2.62. The summed E-state index contributed by atoms with van der Waals surface area (Å²) in [5, 5.41) is 12.8. The summed E-state index contributed by atoms with van der Waals surface area (Å²) >= 11 is 1.86. The van der Waals surface area contributed by atoms with E-state index in [9.17, 15) is 0 Å². The Kier molecular flexibility index (Phi) is 6.12. The van der Waals surface area contributed by atoms with Gasteiger partial charge >= 0.3 is 0 Å². The van der Waals surface area contributed by atoms with Gasteiger partial charge < -0.3 is 4.90 Å². The molecule has 0 aliphatic heterocycles. The minimum Gasteiger partial charge on any atom is -0.310 e. The van der Waals surface area contributed by atoms with E-state index in [4.69, 9.17) is 0 Å². The first-order valence-electron chi connectivity index (χ1n) is 16.4. The van der Waals surface area contributed by atoms with Gasteiger partial charge in [0.1, 0.15) is 0 Å². The molecule has 0 unspecified atom stereocenters. The Labute approximate surface area is 282 Å². The lowest BCUT2D eigenvalue weighted by Gasteiger charge is -2.26. The Bertz CT molecular complexity index is 2840. The summed E-state index contributed by atoms with van der Waals surface area (Å²) in [6.45, 7) is 0. The maximum absolute atomic E-state index is 2.41. The van der Waals surface area contributed by atoms with Gasteiger partial charge in [-0.05, 0) is 103 Å². The molecular weight excluding hydrogens is 599 g/mol. The summed E-state index contributed by atoms with van der Waals surface area (Å²) in [7, 11) is 0. The fraction of sp³-hybridized carbons (Fsp3) is 0. The van der Waals surface area contributed by atoms with Gasteiger partial charge in [0.25, 0.3) is 0 Å². The largest absolute Gasteiger partial charge is 0.310 e. The normalized spacial score (nSPS) is 11.8. The SMILES string of the molecule is c1ccc2c(c1)ccc1ccc(-c3ccc(N(c4ccc5c(c4)sc4ccccc45)c4ccc5ccc6ccccc6c5c4)cc3)cc12. The number of anilines is 3. The summed E-state index contributed by atoms with van der Waals surface area (Å²) in [5.74, 6) is 0. The highest BCUT2D eigenvalue weighted by Gasteiger charge is 2.16. The van der Waals surface area contributed by atoms with Crippen molar-refractivity contribution in [2.75, 3.05) is 4.90 Å². The predicted octanol–water partition coefficient (Wildman–Crippen LogP) is 13.8. The van der Waals surface area contributed by atoms with Gasteiger partial charge in [-0.3, -0.25) is 0 Å². The molecule has 1 heterocycles. The number of rotatable bonds is 4. The molecule has 2 heteroatoms. The molecule has 10 rings (SSSR count). The molecule has 48 heavy (non-hydrogen) atoms. The average molecular weight is 628 g/mol. The number of fused-ring (bicyclic) bond motifs is 9. The zero-order valence-corrected chi connectivity index (χ0v) is 26.9. The van der Waals surface area contributed by atoms with Crippen molar-refractivity contribution in [3.8, 4) is 11.1 Å². The van der Waals surface area contributed by atoms with E-state index < -0.39 is 0 Å². The minimum atomic E-state index is 1.13. The maximum Gasteiger partial charge on any atom is 0.0476 e. The highest BCUT2D eigenvalue weighted by Crippen LogP contribution is 2.42. The van der Waals surface area contributed by atoms with Crippen molar-refractivity contribution < 1.29 is 0 Å². The maximum atomic E-state index is 2.41. The Morgan fingerprint density at radius 1 is 0.292 bits per heavy atom. The molecule has 1 aromatic heterocycles. The third-order valence-electron chi connectivity index (χ3n) is 9.81. The molecule has 0 N–H and O–H groups in total. The Balaban J connectivity index is 1.13. The zero-order valence-electron chi connectivity index (χ0n) is 26.1. The van der Waals surface area contributed by atoms with Gasteiger partial charge in [-0.15, -0.1) is 11.3 Å². The fourth-order valence-corrected chi connectivity index (χ4v) is 8.55. The van der Waals surface area contributed by atoms with Gasteiger partial charge in [-0.1, -0.05) is 127 Å². The second-order valence-corrected chi connectivity index (χ2v) is 13.7. The van der Waals surface area contributed by atoms with Gasteiger partial charge in [-0.25, -0.2) is 0 Å². The van der Waals surface area contributed by atoms with Crippen LogP contribution in [0.3, 0.4) is 0 Å². The van der Waals surface area contributed by atoms with Crippen LogP contribution in [0.25, 0.3) is 74.4 Å². The van der Waals surface area contributed by atoms with E-state index in [1.54, 1.807) is 0 Å². The summed E-state index contributed by atoms with van der Waals surface area (Å²) in [6, 6.07) is 64.6. The average Bonchev–Trinajstić information content (AvgIpc) is 3.53. The van der Waals surface area contributed by atoms with Crippen LogP contribution in [-0.2, 0) is 0 Å². The van der Waals surface area contributed by atoms with Crippen LogP contribution in [-0.4, -0.2) is 0 Å². The third kappa shape index (κ3) is 4.38. The first kappa shape index (κ1) is 27.2. The van der Waals surface area contributed by atoms with Crippen molar-refractivity contribution in [1.82, 2.24) is 0 Å². The molecule has 1 nitrogen and oxygen atoms in total. The molecule has 10 aromatic rings. The van der Waals surface area contributed by atoms with Crippen LogP contribution in [0.4, 0.5) is 17.1 Å². The molecule has 0 saturated carbocycles. The quantitative estimate of drug-likeness (QED) is 0.176. The van der Waals surface area contributed by atoms with E-state index in [0.717, 1.165) is 17.1 Å². The number of hydrogen-bond acceptors (Lipinski definition) is 2. The molecule has 0 radical (unpaired) electrons. The first-order valence-corrected chi connectivity index (χ1v) is 17.2. The summed E-state index contributed by atoms with van der Waals surface area (Å²) in [6.07, 6.45) is 0. The molecule has 0 fully saturated rings. The van der Waals surface area contributed by atoms with Crippen LogP contribution in [0.2, 0.25) is 0 Å². The smallest absolute Gasteiger partial charge is 0.0476 e. The van der Waals surface area contributed by atoms with Gasteiger partial charge in [-0.2, -0.15) is 0 Å². The van der Waals surface area contributed by atoms with Crippen molar-refractivity contribution in [2.45, 2.75) is 0 Å². The summed E-state index contributed by atoms with van der Waals surface area (Å²) in [4.78, 5) is 2.41. The molecule has 0 spiro atoms. The topological polar surface area (TPSA) is 3.24 Å². The van der Waals surface area contributed by atoms with Crippen LogP contribution in [0, 0.1) is 0 Å². The van der Waals surface area contributed by atoms with E-state index in [-0.39, 0.29) is 0 Å². The molecule has 0 aliphatic carbocycles. The number of hydrogen-bond donors (Lipinski definition) is 0. The molecule has 224 valence electrons. The monoisotopic (exact) mass is 627 g/mol. The van der Waals surface area contributed by atoms with Crippen molar-refractivity contribution in [1.29, 1.82) is 0 Å². The van der Waals surface area contributed by atoms with Crippen LogP contribution in [0.15, 0.2) is 176 Å². The highest BCUT2D eigenvalue weighted by atomic mass is 32.1. The minimum absolute atomic E-state index is 1.13. The molecule has 0 amide bonds. The lowest BCUT2D eigenvalue weighted by atomic mass is 9.97. The van der Waals surface area contributed by atoms with E-state index in [1.807, 2.05) is 11.3 Å². The van der Waals surface area contributed by atoms with Gasteiger partial charge in [0.15, 0.2) is 0 Å². The fourth-order valence-electron chi connectivity index (χ4n) is 7.41. The molecule has 9 aromatic carbocycles. The Morgan fingerprint density at radius 2 is 0.771 bits per heavy atom. The van der Waals surface area contributed by atoms with E-state index in [1.165, 1.54) is 74.4 Å². The van der Waals surface area contributed by atoms with Crippen molar-refractivity contribution in [3.05, 3.63) is 176 Å². The number of benzene rings is 9. The third-order valence-corrected chi connectivity index (χ3v) is 10.9. The van der Waals surface area contributed by atoms with Gasteiger partial charge in [0.2, 0.25) is 0 Å². The molecular formula is C46H29NS. The van der Waals surface area contributed by atoms with E-state index >= 15 is 0 Å². The summed E-state index contributed by atoms with van der Waals surface area (Å²) in [5.41, 5.74) is 5.85. The van der Waals surface area contributed by atoms with Crippen molar-refractivity contribution in [3.63, 3.8) is 0 Å². The molecule has 0 aliphatic rings. The Hall–Kier alpha value is -5.96. The molecule has 0 atom stereocenters. The number of thiophene rings is 1.